The Bertz CT molecular complexity index is 62.6. The molecule has 0 spiro atoms. The summed E-state index contributed by atoms with van der Waals surface area (Å²) in [5.41, 5.74) is 0. The first kappa shape index (κ1) is 6.01. The number of halogens is 2. The topological polar surface area (TPSA) is 17.1 Å². The van der Waals surface area contributed by atoms with Gasteiger partial charge in [0.15, 0.2) is 0 Å². The Morgan fingerprint density at radius 2 is 1.83 bits per heavy atom. The highest BCUT2D eigenvalue weighted by Crippen LogP contribution is 1.93. The monoisotopic (exact) mass is 114 g/mol. The minimum absolute atomic E-state index is 0.963. The third kappa shape index (κ3) is 2.26. The van der Waals surface area contributed by atoms with E-state index in [0.29, 0.717) is 0 Å². The second kappa shape index (κ2) is 2.23. The molecule has 0 aromatic rings. The van der Waals surface area contributed by atoms with E-state index in [1.165, 1.54) is 0 Å². The minimum atomic E-state index is -2.68. The summed E-state index contributed by atoms with van der Waals surface area (Å²) in [5.74, 6) is -2.68. The van der Waals surface area contributed by atoms with Gasteiger partial charge < -0.3 is 0 Å². The Balaban J connectivity index is 3.26. The summed E-state index contributed by atoms with van der Waals surface area (Å²) in [6.45, 7) is 0. The smallest absolute Gasteiger partial charge is 0.254 e. The molecule has 0 rings (SSSR count). The van der Waals surface area contributed by atoms with Crippen LogP contribution in [0.4, 0.5) is 8.78 Å². The van der Waals surface area contributed by atoms with Gasteiger partial charge in [0, 0.05) is 6.26 Å². The predicted octanol–water partition coefficient (Wildman–Crippen LogP) is 0.588. The zero-order valence-electron chi connectivity index (χ0n) is 3.15. The van der Waals surface area contributed by atoms with Crippen LogP contribution in [0.1, 0.15) is 0 Å². The SMILES string of the molecule is CS(=O)C(F)F. The van der Waals surface area contributed by atoms with Gasteiger partial charge in [-0.05, 0) is 0 Å². The van der Waals surface area contributed by atoms with Gasteiger partial charge in [-0.3, -0.25) is 4.21 Å². The van der Waals surface area contributed by atoms with Crippen LogP contribution in [0.3, 0.4) is 0 Å². The summed E-state index contributed by atoms with van der Waals surface area (Å²) < 4.78 is 31.2. The zero-order chi connectivity index (χ0) is 5.15. The molecule has 0 aromatic heterocycles. The molecule has 1 unspecified atom stereocenters. The van der Waals surface area contributed by atoms with E-state index >= 15 is 0 Å². The molecule has 0 radical (unpaired) electrons. The molecule has 0 fully saturated rings. The molecule has 0 bridgehead atoms. The van der Waals surface area contributed by atoms with Gasteiger partial charge in [-0.1, -0.05) is 0 Å². The minimum Gasteiger partial charge on any atom is -0.254 e. The fourth-order valence-electron chi connectivity index (χ4n) is 0. The normalized spacial score (nSPS) is 15.3. The zero-order valence-corrected chi connectivity index (χ0v) is 3.97. The first-order valence-electron chi connectivity index (χ1n) is 1.25. The van der Waals surface area contributed by atoms with Crippen molar-refractivity contribution in [3.05, 3.63) is 0 Å². The van der Waals surface area contributed by atoms with E-state index in [1.807, 2.05) is 0 Å². The van der Waals surface area contributed by atoms with Crippen molar-refractivity contribution in [1.82, 2.24) is 0 Å². The highest BCUT2D eigenvalue weighted by molar-refractivity contribution is 7.84. The van der Waals surface area contributed by atoms with Gasteiger partial charge >= 0.3 is 5.76 Å². The van der Waals surface area contributed by atoms with Crippen molar-refractivity contribution in [2.75, 3.05) is 6.26 Å². The predicted molar refractivity (Wildman–Crippen MR) is 20.1 cm³/mol. The molecule has 0 aliphatic carbocycles. The van der Waals surface area contributed by atoms with Gasteiger partial charge in [-0.2, -0.15) is 8.78 Å². The van der Waals surface area contributed by atoms with Crippen LogP contribution < -0.4 is 0 Å². The Kier molecular flexibility index (Phi) is 2.23. The molecule has 0 heterocycles. The van der Waals surface area contributed by atoms with Gasteiger partial charge in [0.05, 0.1) is 10.8 Å². The Morgan fingerprint density at radius 3 is 1.83 bits per heavy atom. The number of hydrogen-bond acceptors (Lipinski definition) is 1. The fraction of sp³-hybridized carbons (Fsp3) is 1.00. The highest BCUT2D eigenvalue weighted by atomic mass is 32.2. The van der Waals surface area contributed by atoms with Crippen molar-refractivity contribution in [3.63, 3.8) is 0 Å². The quantitative estimate of drug-likeness (QED) is 0.487. The van der Waals surface area contributed by atoms with Crippen LogP contribution in [0.2, 0.25) is 0 Å². The summed E-state index contributed by atoms with van der Waals surface area (Å²) in [6.07, 6.45) is 0.963. The molecule has 1 atom stereocenters. The number of hydrogen-bond donors (Lipinski definition) is 0. The van der Waals surface area contributed by atoms with E-state index in [2.05, 4.69) is 0 Å². The molecule has 6 heavy (non-hydrogen) atoms. The molecule has 0 aromatic carbocycles. The van der Waals surface area contributed by atoms with Crippen LogP contribution in [-0.4, -0.2) is 16.2 Å². The second-order valence-corrected chi connectivity index (χ2v) is 2.11. The van der Waals surface area contributed by atoms with Gasteiger partial charge in [-0.25, -0.2) is 0 Å². The average Bonchev–Trinajstić information content (AvgIpc) is 1.36. The van der Waals surface area contributed by atoms with Crippen molar-refractivity contribution in [1.29, 1.82) is 0 Å². The van der Waals surface area contributed by atoms with E-state index in [9.17, 15) is 13.0 Å². The molecule has 4 heteroatoms. The lowest BCUT2D eigenvalue weighted by atomic mass is 11.7. The molecule has 38 valence electrons. The molecule has 1 nitrogen and oxygen atoms in total. The standard InChI is InChI=1S/C2H4F2OS/c1-6(5)2(3)4/h2H,1H3. The van der Waals surface area contributed by atoms with Crippen LogP contribution in [-0.2, 0) is 10.8 Å². The summed E-state index contributed by atoms with van der Waals surface area (Å²) in [6, 6.07) is 0. The lowest BCUT2D eigenvalue weighted by Crippen LogP contribution is -1.96. The average molecular weight is 114 g/mol. The first-order chi connectivity index (χ1) is 2.64. The van der Waals surface area contributed by atoms with E-state index < -0.39 is 16.6 Å². The van der Waals surface area contributed by atoms with Crippen LogP contribution in [0.5, 0.6) is 0 Å². The van der Waals surface area contributed by atoms with Gasteiger partial charge in [0.2, 0.25) is 0 Å². The van der Waals surface area contributed by atoms with Crippen molar-refractivity contribution in [2.45, 2.75) is 5.76 Å². The summed E-state index contributed by atoms with van der Waals surface area (Å²) in [7, 11) is -1.95. The first-order valence-corrected chi connectivity index (χ1v) is 2.87. The molecular formula is C2H4F2OS. The third-order valence-electron chi connectivity index (χ3n) is 0.251. The maximum atomic E-state index is 10.9. The Labute approximate surface area is 36.8 Å². The van der Waals surface area contributed by atoms with Crippen LogP contribution in [0, 0.1) is 0 Å². The van der Waals surface area contributed by atoms with Crippen molar-refractivity contribution >= 4 is 10.8 Å². The Hall–Kier alpha value is 0.01000. The maximum absolute atomic E-state index is 10.9. The molecule has 0 aliphatic rings. The highest BCUT2D eigenvalue weighted by Gasteiger charge is 2.03. The van der Waals surface area contributed by atoms with Crippen LogP contribution in [0.15, 0.2) is 0 Å². The second-order valence-electron chi connectivity index (χ2n) is 0.759. The van der Waals surface area contributed by atoms with E-state index in [-0.39, 0.29) is 0 Å². The molecular weight excluding hydrogens is 110 g/mol. The third-order valence-corrected chi connectivity index (χ3v) is 0.753. The van der Waals surface area contributed by atoms with E-state index in [4.69, 9.17) is 0 Å². The molecule has 0 N–H and O–H groups in total. The maximum Gasteiger partial charge on any atom is 0.311 e. The van der Waals surface area contributed by atoms with Crippen LogP contribution >= 0.6 is 0 Å². The number of rotatable bonds is 1. The van der Waals surface area contributed by atoms with Crippen molar-refractivity contribution in [3.8, 4) is 0 Å². The molecule has 0 amide bonds. The van der Waals surface area contributed by atoms with Crippen molar-refractivity contribution in [2.24, 2.45) is 0 Å². The fourth-order valence-corrected chi connectivity index (χ4v) is 0. The lowest BCUT2D eigenvalue weighted by Gasteiger charge is -1.84. The van der Waals surface area contributed by atoms with Crippen molar-refractivity contribution < 1.29 is 13.0 Å². The van der Waals surface area contributed by atoms with E-state index in [1.54, 1.807) is 0 Å². The van der Waals surface area contributed by atoms with Gasteiger partial charge in [-0.15, -0.1) is 0 Å². The van der Waals surface area contributed by atoms with Gasteiger partial charge in [0.1, 0.15) is 0 Å². The number of alkyl halides is 2. The molecule has 0 saturated carbocycles. The summed E-state index contributed by atoms with van der Waals surface area (Å²) >= 11 is 0. The molecule has 0 aliphatic heterocycles. The Morgan fingerprint density at radius 1 is 1.67 bits per heavy atom. The largest absolute Gasteiger partial charge is 0.311 e. The molecule has 0 saturated heterocycles. The summed E-state index contributed by atoms with van der Waals surface area (Å²) in [4.78, 5) is 0. The lowest BCUT2D eigenvalue weighted by molar-refractivity contribution is 0.245. The van der Waals surface area contributed by atoms with Crippen LogP contribution in [0.25, 0.3) is 0 Å². The summed E-state index contributed by atoms with van der Waals surface area (Å²) in [5, 5.41) is 0. The van der Waals surface area contributed by atoms with Gasteiger partial charge in [0.25, 0.3) is 0 Å². The van der Waals surface area contributed by atoms with E-state index in [0.717, 1.165) is 6.26 Å².